The molecule has 1 heterocycles. The van der Waals surface area contributed by atoms with E-state index in [9.17, 15) is 4.79 Å². The van der Waals surface area contributed by atoms with E-state index in [1.54, 1.807) is 11.9 Å². The molecule has 1 fully saturated rings. The average Bonchev–Trinajstić information content (AvgIpc) is 2.33. The molecule has 2 aliphatic rings. The van der Waals surface area contributed by atoms with E-state index in [0.717, 1.165) is 12.8 Å². The molecule has 1 N–H and O–H groups in total. The molecule has 1 atom stereocenters. The maximum absolute atomic E-state index is 12.3. The third-order valence-corrected chi connectivity index (χ3v) is 3.72. The largest absolute Gasteiger partial charge is 0.347 e. The lowest BCUT2D eigenvalue weighted by molar-refractivity contribution is -0.131. The van der Waals surface area contributed by atoms with Crippen LogP contribution >= 0.6 is 0 Å². The van der Waals surface area contributed by atoms with Crippen LogP contribution in [0.2, 0.25) is 0 Å². The highest BCUT2D eigenvalue weighted by Gasteiger charge is 2.36. The van der Waals surface area contributed by atoms with Gasteiger partial charge in [-0.05, 0) is 18.8 Å². The number of hydrazone groups is 1. The minimum absolute atomic E-state index is 0.121. The van der Waals surface area contributed by atoms with Crippen molar-refractivity contribution in [2.75, 3.05) is 21.1 Å². The van der Waals surface area contributed by atoms with Crippen LogP contribution in [0, 0.1) is 5.92 Å². The summed E-state index contributed by atoms with van der Waals surface area (Å²) in [4.78, 5) is 15.8. The molecular weight excluding hydrogens is 216 g/mol. The summed E-state index contributed by atoms with van der Waals surface area (Å²) >= 11 is 0. The van der Waals surface area contributed by atoms with Gasteiger partial charge in [-0.2, -0.15) is 0 Å². The molecule has 1 unspecified atom stereocenters. The van der Waals surface area contributed by atoms with Crippen LogP contribution in [-0.4, -0.2) is 48.9 Å². The van der Waals surface area contributed by atoms with Gasteiger partial charge in [-0.25, -0.2) is 0 Å². The van der Waals surface area contributed by atoms with E-state index in [4.69, 9.17) is 0 Å². The zero-order valence-corrected chi connectivity index (χ0v) is 10.9. The van der Waals surface area contributed by atoms with Gasteiger partial charge in [0.1, 0.15) is 6.04 Å². The molecule has 0 radical (unpaired) electrons. The standard InChI is InChI=1S/C12H22N4O/c1-15(2)12-14-13-10(11(17)16(12)3)9-7-5-4-6-8-9/h9-10,13H,4-8H2,1-3H3. The third-order valence-electron chi connectivity index (χ3n) is 3.72. The summed E-state index contributed by atoms with van der Waals surface area (Å²) in [7, 11) is 5.59. The Balaban J connectivity index is 2.09. The second-order valence-electron chi connectivity index (χ2n) is 5.21. The molecule has 1 amide bonds. The van der Waals surface area contributed by atoms with E-state index < -0.39 is 0 Å². The van der Waals surface area contributed by atoms with Crippen LogP contribution in [0.4, 0.5) is 0 Å². The molecule has 2 rings (SSSR count). The minimum Gasteiger partial charge on any atom is -0.347 e. The van der Waals surface area contributed by atoms with Crippen molar-refractivity contribution in [1.29, 1.82) is 0 Å². The maximum atomic E-state index is 12.3. The molecule has 0 saturated heterocycles. The van der Waals surface area contributed by atoms with Crippen molar-refractivity contribution < 1.29 is 4.79 Å². The topological polar surface area (TPSA) is 47.9 Å². The van der Waals surface area contributed by atoms with Gasteiger partial charge in [0.2, 0.25) is 5.96 Å². The highest BCUT2D eigenvalue weighted by atomic mass is 16.2. The summed E-state index contributed by atoms with van der Waals surface area (Å²) in [6.45, 7) is 0. The smallest absolute Gasteiger partial charge is 0.253 e. The fraction of sp³-hybridized carbons (Fsp3) is 0.833. The first-order chi connectivity index (χ1) is 8.11. The summed E-state index contributed by atoms with van der Waals surface area (Å²) in [5, 5.41) is 4.31. The molecule has 17 heavy (non-hydrogen) atoms. The van der Waals surface area contributed by atoms with Gasteiger partial charge in [-0.15, -0.1) is 5.10 Å². The van der Waals surface area contributed by atoms with E-state index in [1.807, 2.05) is 19.0 Å². The number of hydrogen-bond acceptors (Lipinski definition) is 4. The van der Waals surface area contributed by atoms with Crippen LogP contribution in [0.1, 0.15) is 32.1 Å². The number of hydrogen-bond donors (Lipinski definition) is 1. The van der Waals surface area contributed by atoms with Gasteiger partial charge in [-0.3, -0.25) is 15.1 Å². The second-order valence-corrected chi connectivity index (χ2v) is 5.21. The summed E-state index contributed by atoms with van der Waals surface area (Å²) in [6.07, 6.45) is 6.07. The van der Waals surface area contributed by atoms with Crippen LogP contribution in [0.5, 0.6) is 0 Å². The molecule has 1 aliphatic heterocycles. The van der Waals surface area contributed by atoms with Crippen molar-refractivity contribution in [2.24, 2.45) is 11.0 Å². The number of nitrogens with zero attached hydrogens (tertiary/aromatic N) is 3. The van der Waals surface area contributed by atoms with E-state index in [2.05, 4.69) is 10.5 Å². The summed E-state index contributed by atoms with van der Waals surface area (Å²) < 4.78 is 0. The summed E-state index contributed by atoms with van der Waals surface area (Å²) in [5.41, 5.74) is 3.06. The SMILES string of the molecule is CN(C)C1=NNC(C2CCCCC2)C(=O)N1C. The Morgan fingerprint density at radius 1 is 1.29 bits per heavy atom. The molecule has 0 spiro atoms. The fourth-order valence-electron chi connectivity index (χ4n) is 2.74. The van der Waals surface area contributed by atoms with Gasteiger partial charge in [0.05, 0.1) is 0 Å². The van der Waals surface area contributed by atoms with Crippen LogP contribution in [0.25, 0.3) is 0 Å². The van der Waals surface area contributed by atoms with Crippen molar-refractivity contribution in [3.63, 3.8) is 0 Å². The van der Waals surface area contributed by atoms with Crippen molar-refractivity contribution in [2.45, 2.75) is 38.1 Å². The minimum atomic E-state index is -0.121. The first-order valence-electron chi connectivity index (χ1n) is 6.39. The molecule has 0 bridgehead atoms. The predicted molar refractivity (Wildman–Crippen MR) is 67.4 cm³/mol. The maximum Gasteiger partial charge on any atom is 0.253 e. The van der Waals surface area contributed by atoms with E-state index >= 15 is 0 Å². The van der Waals surface area contributed by atoms with Crippen LogP contribution in [0.3, 0.4) is 0 Å². The lowest BCUT2D eigenvalue weighted by Crippen LogP contribution is -2.57. The summed E-state index contributed by atoms with van der Waals surface area (Å²) in [5.74, 6) is 1.28. The lowest BCUT2D eigenvalue weighted by Gasteiger charge is -2.37. The molecule has 96 valence electrons. The lowest BCUT2D eigenvalue weighted by atomic mass is 9.83. The molecular formula is C12H22N4O. The zero-order chi connectivity index (χ0) is 12.4. The first kappa shape index (κ1) is 12.2. The van der Waals surface area contributed by atoms with Crippen molar-refractivity contribution in [3.8, 4) is 0 Å². The van der Waals surface area contributed by atoms with Gasteiger partial charge < -0.3 is 4.90 Å². The highest BCUT2D eigenvalue weighted by molar-refractivity contribution is 6.00. The van der Waals surface area contributed by atoms with E-state index in [1.165, 1.54) is 19.3 Å². The number of rotatable bonds is 1. The van der Waals surface area contributed by atoms with E-state index in [-0.39, 0.29) is 11.9 Å². The summed E-state index contributed by atoms with van der Waals surface area (Å²) in [6, 6.07) is -0.121. The zero-order valence-electron chi connectivity index (χ0n) is 10.9. The molecule has 5 nitrogen and oxygen atoms in total. The number of nitrogens with one attached hydrogen (secondary N) is 1. The molecule has 1 saturated carbocycles. The Labute approximate surface area is 103 Å². The Morgan fingerprint density at radius 2 is 1.94 bits per heavy atom. The number of likely N-dealkylation sites (N-methyl/N-ethyl adjacent to an activating group) is 1. The normalized spacial score (nSPS) is 26.5. The fourth-order valence-corrected chi connectivity index (χ4v) is 2.74. The van der Waals surface area contributed by atoms with Gasteiger partial charge in [0, 0.05) is 21.1 Å². The molecule has 0 aromatic rings. The highest BCUT2D eigenvalue weighted by Crippen LogP contribution is 2.28. The van der Waals surface area contributed by atoms with Crippen molar-refractivity contribution >= 4 is 11.9 Å². The molecule has 5 heteroatoms. The van der Waals surface area contributed by atoms with Crippen LogP contribution in [0.15, 0.2) is 5.10 Å². The number of carbonyl (C=O) groups is 1. The van der Waals surface area contributed by atoms with Crippen LogP contribution < -0.4 is 5.43 Å². The van der Waals surface area contributed by atoms with E-state index in [0.29, 0.717) is 11.9 Å². The van der Waals surface area contributed by atoms with Gasteiger partial charge in [0.15, 0.2) is 0 Å². The number of guanidine groups is 1. The van der Waals surface area contributed by atoms with Gasteiger partial charge in [0.25, 0.3) is 5.91 Å². The Bertz CT molecular complexity index is 320. The average molecular weight is 238 g/mol. The monoisotopic (exact) mass is 238 g/mol. The Morgan fingerprint density at radius 3 is 2.53 bits per heavy atom. The molecule has 0 aromatic carbocycles. The second kappa shape index (κ2) is 4.94. The van der Waals surface area contributed by atoms with Gasteiger partial charge >= 0.3 is 0 Å². The predicted octanol–water partition coefficient (Wildman–Crippen LogP) is 0.829. The van der Waals surface area contributed by atoms with Crippen molar-refractivity contribution in [1.82, 2.24) is 15.2 Å². The van der Waals surface area contributed by atoms with Crippen LogP contribution in [-0.2, 0) is 4.79 Å². The quantitative estimate of drug-likeness (QED) is 0.736. The molecule has 1 aliphatic carbocycles. The number of carbonyl (C=O) groups excluding carboxylic acids is 1. The number of amides is 1. The van der Waals surface area contributed by atoms with Crippen molar-refractivity contribution in [3.05, 3.63) is 0 Å². The third kappa shape index (κ3) is 2.37. The molecule has 0 aromatic heterocycles. The van der Waals surface area contributed by atoms with Gasteiger partial charge in [-0.1, -0.05) is 19.3 Å². The Kier molecular flexibility index (Phi) is 3.54. The first-order valence-corrected chi connectivity index (χ1v) is 6.39. The Hall–Kier alpha value is -1.26.